The Morgan fingerprint density at radius 1 is 1.15 bits per heavy atom. The molecule has 0 bridgehead atoms. The Morgan fingerprint density at radius 2 is 1.96 bits per heavy atom. The molecule has 1 aliphatic carbocycles. The number of carbonyl (C=O) groups excluding carboxylic acids is 1. The monoisotopic (exact) mass is 350 g/mol. The van der Waals surface area contributed by atoms with Crippen LogP contribution in [0.4, 0.5) is 11.4 Å². The molecule has 0 saturated carbocycles. The van der Waals surface area contributed by atoms with Crippen molar-refractivity contribution in [2.75, 3.05) is 17.2 Å². The highest BCUT2D eigenvalue weighted by Crippen LogP contribution is 2.42. The van der Waals surface area contributed by atoms with Crippen LogP contribution >= 0.6 is 0 Å². The predicted molar refractivity (Wildman–Crippen MR) is 102 cm³/mol. The van der Waals surface area contributed by atoms with Crippen LogP contribution in [0, 0.1) is 0 Å². The van der Waals surface area contributed by atoms with Crippen molar-refractivity contribution in [1.29, 1.82) is 0 Å². The van der Waals surface area contributed by atoms with Gasteiger partial charge in [-0.15, -0.1) is 0 Å². The number of fused-ring (bicyclic) bond motifs is 1. The maximum Gasteiger partial charge on any atom is 0.163 e. The third-order valence-corrected chi connectivity index (χ3v) is 4.87. The molecule has 0 saturated heterocycles. The summed E-state index contributed by atoms with van der Waals surface area (Å²) in [5.74, 6) is 0.699. The number of anilines is 2. The Bertz CT molecular complexity index is 889. The van der Waals surface area contributed by atoms with Gasteiger partial charge in [-0.3, -0.25) is 4.79 Å². The molecule has 3 N–H and O–H groups in total. The number of rotatable bonds is 3. The number of phenolic OH excluding ortho intramolecular Hbond substituents is 1. The van der Waals surface area contributed by atoms with E-state index in [-0.39, 0.29) is 17.6 Å². The summed E-state index contributed by atoms with van der Waals surface area (Å²) >= 11 is 0. The van der Waals surface area contributed by atoms with Crippen molar-refractivity contribution in [2.45, 2.75) is 32.2 Å². The number of carbonyl (C=O) groups is 1. The van der Waals surface area contributed by atoms with Crippen LogP contribution < -0.4 is 15.4 Å². The van der Waals surface area contributed by atoms with Crippen molar-refractivity contribution in [3.05, 3.63) is 59.3 Å². The first kappa shape index (κ1) is 16.5. The lowest BCUT2D eigenvalue weighted by Gasteiger charge is -2.25. The smallest absolute Gasteiger partial charge is 0.163 e. The Balaban J connectivity index is 1.84. The molecule has 5 heteroatoms. The van der Waals surface area contributed by atoms with Gasteiger partial charge in [-0.1, -0.05) is 18.2 Å². The van der Waals surface area contributed by atoms with Crippen molar-refractivity contribution < 1.29 is 14.6 Å². The second kappa shape index (κ2) is 6.75. The number of aromatic hydroxyl groups is 1. The van der Waals surface area contributed by atoms with Gasteiger partial charge in [-0.2, -0.15) is 0 Å². The molecular formula is C21H22N2O3. The Hall–Kier alpha value is -2.95. The summed E-state index contributed by atoms with van der Waals surface area (Å²) in [5.41, 5.74) is 4.58. The molecule has 0 fully saturated rings. The van der Waals surface area contributed by atoms with E-state index in [2.05, 4.69) is 10.6 Å². The second-order valence-corrected chi connectivity index (χ2v) is 6.58. The molecular weight excluding hydrogens is 328 g/mol. The minimum Gasteiger partial charge on any atom is -0.504 e. The quantitative estimate of drug-likeness (QED) is 0.766. The first-order valence-electron chi connectivity index (χ1n) is 9.02. The average Bonchev–Trinajstić information content (AvgIpc) is 2.81. The first-order chi connectivity index (χ1) is 12.7. The van der Waals surface area contributed by atoms with Crippen LogP contribution in [0.3, 0.4) is 0 Å². The number of ether oxygens (including phenoxy) is 1. The number of ketones is 1. The highest BCUT2D eigenvalue weighted by molar-refractivity contribution is 6.00. The fourth-order valence-electron chi connectivity index (χ4n) is 3.67. The number of phenols is 1. The minimum absolute atomic E-state index is 0.104. The van der Waals surface area contributed by atoms with Crippen LogP contribution in [0.1, 0.15) is 37.8 Å². The molecule has 0 aromatic heterocycles. The van der Waals surface area contributed by atoms with Crippen LogP contribution in [0.15, 0.2) is 53.7 Å². The van der Waals surface area contributed by atoms with Crippen LogP contribution in [-0.2, 0) is 4.79 Å². The number of nitrogens with one attached hydrogen (secondary N) is 2. The Kier molecular flexibility index (Phi) is 4.29. The number of Topliss-reactive ketones (excluding diaryl/α,β-unsaturated/α-hetero) is 1. The van der Waals surface area contributed by atoms with E-state index >= 15 is 0 Å². The molecule has 1 unspecified atom stereocenters. The lowest BCUT2D eigenvalue weighted by atomic mass is 9.86. The number of benzene rings is 2. The minimum atomic E-state index is -0.284. The summed E-state index contributed by atoms with van der Waals surface area (Å²) in [6.45, 7) is 2.34. The Labute approximate surface area is 152 Å². The molecule has 0 amide bonds. The summed E-state index contributed by atoms with van der Waals surface area (Å²) in [7, 11) is 0. The fourth-order valence-corrected chi connectivity index (χ4v) is 3.67. The van der Waals surface area contributed by atoms with Gasteiger partial charge in [0, 0.05) is 17.7 Å². The van der Waals surface area contributed by atoms with Crippen molar-refractivity contribution in [3.8, 4) is 11.5 Å². The van der Waals surface area contributed by atoms with Gasteiger partial charge in [0.25, 0.3) is 0 Å². The number of hydrogen-bond donors (Lipinski definition) is 3. The topological polar surface area (TPSA) is 70.6 Å². The van der Waals surface area contributed by atoms with Gasteiger partial charge in [-0.25, -0.2) is 0 Å². The van der Waals surface area contributed by atoms with Crippen LogP contribution in [-0.4, -0.2) is 17.5 Å². The standard InChI is InChI=1S/C21H22N2O3/c1-2-26-19-12-13(10-11-17(19)24)21-20-16(8-5-9-18(20)25)22-14-6-3-4-7-15(14)23-21/h3-4,6-7,10-12,21-24H,2,5,8-9H2,1H3. The molecule has 1 heterocycles. The van der Waals surface area contributed by atoms with Crippen LogP contribution in [0.5, 0.6) is 11.5 Å². The van der Waals surface area contributed by atoms with E-state index in [1.54, 1.807) is 6.07 Å². The second-order valence-electron chi connectivity index (χ2n) is 6.58. The van der Waals surface area contributed by atoms with Gasteiger partial charge < -0.3 is 20.5 Å². The lowest BCUT2D eigenvalue weighted by molar-refractivity contribution is -0.116. The molecule has 0 radical (unpaired) electrons. The summed E-state index contributed by atoms with van der Waals surface area (Å²) in [5, 5.41) is 17.0. The van der Waals surface area contributed by atoms with E-state index < -0.39 is 0 Å². The average molecular weight is 350 g/mol. The van der Waals surface area contributed by atoms with E-state index in [1.165, 1.54) is 0 Å². The molecule has 1 aliphatic heterocycles. The van der Waals surface area contributed by atoms with Gasteiger partial charge in [-0.05, 0) is 49.6 Å². The molecule has 2 aromatic rings. The van der Waals surface area contributed by atoms with Crippen LogP contribution in [0.25, 0.3) is 0 Å². The predicted octanol–water partition coefficient (Wildman–Crippen LogP) is 4.38. The maximum absolute atomic E-state index is 12.8. The molecule has 26 heavy (non-hydrogen) atoms. The van der Waals surface area contributed by atoms with Crippen molar-refractivity contribution in [1.82, 2.24) is 0 Å². The number of para-hydroxylation sites is 2. The molecule has 1 atom stereocenters. The van der Waals surface area contributed by atoms with Gasteiger partial charge in [0.2, 0.25) is 0 Å². The van der Waals surface area contributed by atoms with E-state index in [9.17, 15) is 9.90 Å². The van der Waals surface area contributed by atoms with Crippen molar-refractivity contribution >= 4 is 17.2 Å². The highest BCUT2D eigenvalue weighted by atomic mass is 16.5. The lowest BCUT2D eigenvalue weighted by Crippen LogP contribution is -2.23. The summed E-state index contributed by atoms with van der Waals surface area (Å²) in [6, 6.07) is 13.0. The van der Waals surface area contributed by atoms with E-state index in [0.29, 0.717) is 18.8 Å². The maximum atomic E-state index is 12.8. The number of hydrogen-bond acceptors (Lipinski definition) is 5. The van der Waals surface area contributed by atoms with E-state index in [4.69, 9.17) is 4.74 Å². The molecule has 2 aromatic carbocycles. The third-order valence-electron chi connectivity index (χ3n) is 4.87. The summed E-state index contributed by atoms with van der Waals surface area (Å²) in [6.07, 6.45) is 2.27. The molecule has 5 nitrogen and oxygen atoms in total. The fraction of sp³-hybridized carbons (Fsp3) is 0.286. The molecule has 2 aliphatic rings. The normalized spacial score (nSPS) is 19.0. The zero-order valence-corrected chi connectivity index (χ0v) is 14.7. The van der Waals surface area contributed by atoms with Crippen molar-refractivity contribution in [3.63, 3.8) is 0 Å². The molecule has 134 valence electrons. The van der Waals surface area contributed by atoms with E-state index in [1.807, 2.05) is 43.3 Å². The number of allylic oxidation sites excluding steroid dienone is 1. The first-order valence-corrected chi connectivity index (χ1v) is 9.02. The van der Waals surface area contributed by atoms with Gasteiger partial charge >= 0.3 is 0 Å². The summed E-state index contributed by atoms with van der Waals surface area (Å²) in [4.78, 5) is 12.8. The molecule has 0 spiro atoms. The zero-order chi connectivity index (χ0) is 18.1. The van der Waals surface area contributed by atoms with Crippen molar-refractivity contribution in [2.24, 2.45) is 0 Å². The SMILES string of the molecule is CCOc1cc(C2Nc3ccccc3NC3=C2C(=O)CCC3)ccc1O. The van der Waals surface area contributed by atoms with Gasteiger partial charge in [0.05, 0.1) is 24.0 Å². The zero-order valence-electron chi connectivity index (χ0n) is 14.7. The van der Waals surface area contributed by atoms with E-state index in [0.717, 1.165) is 41.1 Å². The summed E-state index contributed by atoms with van der Waals surface area (Å²) < 4.78 is 5.54. The van der Waals surface area contributed by atoms with Gasteiger partial charge in [0.1, 0.15) is 0 Å². The van der Waals surface area contributed by atoms with Gasteiger partial charge in [0.15, 0.2) is 17.3 Å². The third kappa shape index (κ3) is 2.90. The highest BCUT2D eigenvalue weighted by Gasteiger charge is 2.32. The van der Waals surface area contributed by atoms with Crippen LogP contribution in [0.2, 0.25) is 0 Å². The Morgan fingerprint density at radius 3 is 2.77 bits per heavy atom. The largest absolute Gasteiger partial charge is 0.504 e. The molecule has 4 rings (SSSR count).